The van der Waals surface area contributed by atoms with Gasteiger partial charge in [0, 0.05) is 5.56 Å². The van der Waals surface area contributed by atoms with Gasteiger partial charge in [0.1, 0.15) is 16.7 Å². The van der Waals surface area contributed by atoms with Crippen LogP contribution in [0.1, 0.15) is 24.0 Å². The SMILES string of the molecule is CON1N=C(c2cc(F)ccc2F)SC1(CCCN)c1ccccc1. The molecular weight excluding hydrogens is 344 g/mol. The summed E-state index contributed by atoms with van der Waals surface area (Å²) in [5, 5.41) is 6.24. The molecule has 0 bridgehead atoms. The molecule has 1 aliphatic rings. The minimum absolute atomic E-state index is 0.123. The molecule has 2 N–H and O–H groups in total. The second-order valence-electron chi connectivity index (χ2n) is 5.63. The van der Waals surface area contributed by atoms with E-state index in [0.717, 1.165) is 30.2 Å². The molecule has 0 radical (unpaired) electrons. The van der Waals surface area contributed by atoms with Gasteiger partial charge in [0.2, 0.25) is 0 Å². The van der Waals surface area contributed by atoms with Crippen LogP contribution in [0.15, 0.2) is 53.6 Å². The maximum absolute atomic E-state index is 14.2. The normalized spacial score (nSPS) is 20.0. The highest BCUT2D eigenvalue weighted by Crippen LogP contribution is 2.50. The number of hydrogen-bond donors (Lipinski definition) is 1. The van der Waals surface area contributed by atoms with E-state index in [9.17, 15) is 8.78 Å². The van der Waals surface area contributed by atoms with E-state index in [1.165, 1.54) is 24.0 Å². The molecule has 4 nitrogen and oxygen atoms in total. The lowest BCUT2D eigenvalue weighted by Gasteiger charge is -2.35. The highest BCUT2D eigenvalue weighted by Gasteiger charge is 2.46. The first-order valence-corrected chi connectivity index (χ1v) is 8.75. The third kappa shape index (κ3) is 3.40. The molecule has 132 valence electrons. The van der Waals surface area contributed by atoms with Crippen molar-refractivity contribution in [3.8, 4) is 0 Å². The van der Waals surface area contributed by atoms with Gasteiger partial charge >= 0.3 is 0 Å². The second-order valence-corrected chi connectivity index (χ2v) is 6.90. The molecule has 0 saturated heterocycles. The lowest BCUT2D eigenvalue weighted by atomic mass is 10.0. The zero-order valence-corrected chi connectivity index (χ0v) is 14.6. The minimum atomic E-state index is -0.677. The summed E-state index contributed by atoms with van der Waals surface area (Å²) in [5.74, 6) is -1.03. The Bertz CT molecular complexity index is 772. The maximum atomic E-state index is 14.2. The van der Waals surface area contributed by atoms with E-state index in [1.807, 2.05) is 30.3 Å². The van der Waals surface area contributed by atoms with Crippen LogP contribution in [0.2, 0.25) is 0 Å². The van der Waals surface area contributed by atoms with E-state index < -0.39 is 16.5 Å². The van der Waals surface area contributed by atoms with E-state index >= 15 is 0 Å². The van der Waals surface area contributed by atoms with Crippen LogP contribution in [0.3, 0.4) is 0 Å². The second kappa shape index (κ2) is 7.51. The Kier molecular flexibility index (Phi) is 5.36. The average Bonchev–Trinajstić information content (AvgIpc) is 3.02. The zero-order chi connectivity index (χ0) is 17.9. The van der Waals surface area contributed by atoms with Gasteiger partial charge < -0.3 is 5.73 Å². The van der Waals surface area contributed by atoms with Crippen molar-refractivity contribution < 1.29 is 13.6 Å². The van der Waals surface area contributed by atoms with Gasteiger partial charge in [0.25, 0.3) is 0 Å². The van der Waals surface area contributed by atoms with Gasteiger partial charge in [-0.15, -0.1) is 5.10 Å². The average molecular weight is 363 g/mol. The number of hydrogen-bond acceptors (Lipinski definition) is 5. The first-order chi connectivity index (χ1) is 12.1. The molecule has 1 unspecified atom stereocenters. The minimum Gasteiger partial charge on any atom is -0.330 e. The van der Waals surface area contributed by atoms with Crippen LogP contribution in [-0.2, 0) is 9.71 Å². The van der Waals surface area contributed by atoms with Crippen molar-refractivity contribution in [2.45, 2.75) is 17.7 Å². The zero-order valence-electron chi connectivity index (χ0n) is 13.8. The van der Waals surface area contributed by atoms with Gasteiger partial charge in [-0.25, -0.2) is 8.78 Å². The summed E-state index contributed by atoms with van der Waals surface area (Å²) in [5.41, 5.74) is 6.79. The number of nitrogens with zero attached hydrogens (tertiary/aromatic N) is 2. The Morgan fingerprint density at radius 2 is 1.96 bits per heavy atom. The van der Waals surface area contributed by atoms with Gasteiger partial charge in [0.15, 0.2) is 4.87 Å². The Labute approximate surface area is 149 Å². The number of rotatable bonds is 6. The first kappa shape index (κ1) is 17.8. The lowest BCUT2D eigenvalue weighted by molar-refractivity contribution is -0.175. The Morgan fingerprint density at radius 3 is 2.64 bits per heavy atom. The van der Waals surface area contributed by atoms with Crippen LogP contribution < -0.4 is 5.73 Å². The van der Waals surface area contributed by atoms with Crippen LogP contribution in [0, 0.1) is 11.6 Å². The summed E-state index contributed by atoms with van der Waals surface area (Å²) in [4.78, 5) is 4.79. The van der Waals surface area contributed by atoms with E-state index in [-0.39, 0.29) is 5.56 Å². The standard InChI is InChI=1S/C18H19F2N3OS/c1-24-23-18(10-5-11-21,13-6-3-2-4-7-13)25-17(22-23)15-12-14(19)8-9-16(15)20/h2-4,6-9,12H,5,10-11,21H2,1H3. The molecule has 2 aromatic rings. The smallest absolute Gasteiger partial charge is 0.162 e. The Hall–Kier alpha value is -1.96. The number of hydrazone groups is 1. The van der Waals surface area contributed by atoms with Crippen molar-refractivity contribution >= 4 is 16.8 Å². The van der Waals surface area contributed by atoms with Crippen molar-refractivity contribution in [3.05, 3.63) is 71.3 Å². The predicted molar refractivity (Wildman–Crippen MR) is 95.7 cm³/mol. The summed E-state index contributed by atoms with van der Waals surface area (Å²) in [7, 11) is 1.51. The van der Waals surface area contributed by atoms with Crippen LogP contribution in [0.5, 0.6) is 0 Å². The molecule has 3 rings (SSSR count). The van der Waals surface area contributed by atoms with E-state index in [1.54, 1.807) is 0 Å². The third-order valence-electron chi connectivity index (χ3n) is 4.03. The molecule has 0 amide bonds. The largest absolute Gasteiger partial charge is 0.330 e. The monoisotopic (exact) mass is 363 g/mol. The molecule has 1 aliphatic heterocycles. The fraction of sp³-hybridized carbons (Fsp3) is 0.278. The quantitative estimate of drug-likeness (QED) is 0.847. The molecule has 0 aliphatic carbocycles. The van der Waals surface area contributed by atoms with Crippen molar-refractivity contribution in [3.63, 3.8) is 0 Å². The van der Waals surface area contributed by atoms with Crippen LogP contribution in [0.25, 0.3) is 0 Å². The van der Waals surface area contributed by atoms with Crippen molar-refractivity contribution in [1.82, 2.24) is 5.17 Å². The third-order valence-corrected chi connectivity index (χ3v) is 5.46. The number of hydroxylamine groups is 1. The predicted octanol–water partition coefficient (Wildman–Crippen LogP) is 3.83. The van der Waals surface area contributed by atoms with Crippen molar-refractivity contribution in [2.24, 2.45) is 10.8 Å². The fourth-order valence-electron chi connectivity index (χ4n) is 2.84. The molecule has 0 spiro atoms. The summed E-state index contributed by atoms with van der Waals surface area (Å²) < 4.78 is 27.8. The number of thioether (sulfide) groups is 1. The van der Waals surface area contributed by atoms with Crippen LogP contribution in [0.4, 0.5) is 8.78 Å². The van der Waals surface area contributed by atoms with Crippen LogP contribution >= 0.6 is 11.8 Å². The summed E-state index contributed by atoms with van der Waals surface area (Å²) >= 11 is 1.35. The summed E-state index contributed by atoms with van der Waals surface area (Å²) in [6, 6.07) is 13.1. The molecule has 2 aromatic carbocycles. The molecular formula is C18H19F2N3OS. The van der Waals surface area contributed by atoms with Gasteiger partial charge in [-0.05, 0) is 43.1 Å². The van der Waals surface area contributed by atoms with E-state index in [4.69, 9.17) is 10.6 Å². The summed E-state index contributed by atoms with van der Waals surface area (Å²) in [6.07, 6.45) is 1.38. The first-order valence-electron chi connectivity index (χ1n) is 7.93. The van der Waals surface area contributed by atoms with Crippen molar-refractivity contribution in [2.75, 3.05) is 13.7 Å². The van der Waals surface area contributed by atoms with Crippen molar-refractivity contribution in [1.29, 1.82) is 0 Å². The van der Waals surface area contributed by atoms with Crippen LogP contribution in [-0.4, -0.2) is 23.9 Å². The molecule has 1 atom stereocenters. The molecule has 0 fully saturated rings. The fourth-order valence-corrected chi connectivity index (χ4v) is 4.24. The van der Waals surface area contributed by atoms with Gasteiger partial charge in [-0.3, -0.25) is 4.84 Å². The maximum Gasteiger partial charge on any atom is 0.162 e. The topological polar surface area (TPSA) is 50.8 Å². The Balaban J connectivity index is 2.04. The molecule has 0 aromatic heterocycles. The molecule has 1 heterocycles. The molecule has 7 heteroatoms. The highest BCUT2D eigenvalue weighted by atomic mass is 32.2. The van der Waals surface area contributed by atoms with Gasteiger partial charge in [-0.1, -0.05) is 42.1 Å². The van der Waals surface area contributed by atoms with E-state index in [2.05, 4.69) is 5.10 Å². The van der Waals surface area contributed by atoms with Gasteiger partial charge in [0.05, 0.1) is 7.11 Å². The Morgan fingerprint density at radius 1 is 1.20 bits per heavy atom. The van der Waals surface area contributed by atoms with E-state index in [0.29, 0.717) is 18.0 Å². The van der Waals surface area contributed by atoms with Gasteiger partial charge in [-0.2, -0.15) is 5.17 Å². The summed E-state index contributed by atoms with van der Waals surface area (Å²) in [6.45, 7) is 0.510. The molecule has 25 heavy (non-hydrogen) atoms. The number of halogens is 2. The number of benzene rings is 2. The number of nitrogens with two attached hydrogens (primary N) is 1. The lowest BCUT2D eigenvalue weighted by Crippen LogP contribution is -2.37. The highest BCUT2D eigenvalue weighted by molar-refractivity contribution is 8.15. The molecule has 0 saturated carbocycles.